The first kappa shape index (κ1) is 49.2. The Hall–Kier alpha value is -1.77. The van der Waals surface area contributed by atoms with Crippen molar-refractivity contribution in [1.29, 1.82) is 0 Å². The monoisotopic (exact) mass is 742 g/mol. The number of rotatable bonds is 36. The maximum absolute atomic E-state index is 12.6. The first-order valence-electron chi connectivity index (χ1n) is 20.2. The minimum absolute atomic E-state index is 0.0352. The van der Waals surface area contributed by atoms with Crippen molar-refractivity contribution in [3.05, 3.63) is 36.5 Å². The summed E-state index contributed by atoms with van der Waals surface area (Å²) in [4.78, 5) is 37.4. The van der Waals surface area contributed by atoms with Crippen molar-refractivity contribution in [2.24, 2.45) is 0 Å². The van der Waals surface area contributed by atoms with Crippen molar-refractivity contribution in [2.45, 2.75) is 168 Å². The van der Waals surface area contributed by atoms with E-state index in [4.69, 9.17) is 18.5 Å². The molecule has 0 N–H and O–H groups in total. The zero-order chi connectivity index (χ0) is 37.9. The van der Waals surface area contributed by atoms with Gasteiger partial charge in [-0.05, 0) is 70.6 Å². The van der Waals surface area contributed by atoms with E-state index in [-0.39, 0.29) is 26.1 Å². The van der Waals surface area contributed by atoms with Crippen molar-refractivity contribution in [3.8, 4) is 0 Å². The highest BCUT2D eigenvalue weighted by Gasteiger charge is 2.21. The SMILES string of the molecule is CCCCC/C=C/C/C=C/CCCCCCCC(=O)OC[C@H](COP(=O)([O-])OCC[N+](C)(C)C)OC(=O)CCCCCCC/C=C/CCCCC. The molecule has 0 saturated carbocycles. The van der Waals surface area contributed by atoms with Gasteiger partial charge in [-0.15, -0.1) is 0 Å². The first-order chi connectivity index (χ1) is 24.5. The van der Waals surface area contributed by atoms with Crippen LogP contribution in [-0.4, -0.2) is 70.0 Å². The Kier molecular flexibility index (Phi) is 32.8. The summed E-state index contributed by atoms with van der Waals surface area (Å²) in [6, 6.07) is 0. The Morgan fingerprint density at radius 2 is 1.06 bits per heavy atom. The van der Waals surface area contributed by atoms with Gasteiger partial charge in [-0.3, -0.25) is 14.2 Å². The number of phosphoric acid groups is 1. The van der Waals surface area contributed by atoms with E-state index in [9.17, 15) is 19.0 Å². The maximum atomic E-state index is 12.6. The third-order valence-electron chi connectivity index (χ3n) is 8.38. The number of ether oxygens (including phenoxy) is 2. The smallest absolute Gasteiger partial charge is 0.306 e. The lowest BCUT2D eigenvalue weighted by Crippen LogP contribution is -2.37. The highest BCUT2D eigenvalue weighted by molar-refractivity contribution is 7.45. The van der Waals surface area contributed by atoms with E-state index < -0.39 is 32.5 Å². The molecule has 0 aliphatic heterocycles. The lowest BCUT2D eigenvalue weighted by Gasteiger charge is -2.28. The molecule has 0 amide bonds. The van der Waals surface area contributed by atoms with E-state index in [1.54, 1.807) is 0 Å². The number of hydrogen-bond donors (Lipinski definition) is 0. The second-order valence-electron chi connectivity index (χ2n) is 14.6. The Labute approximate surface area is 312 Å². The molecular weight excluding hydrogens is 665 g/mol. The van der Waals surface area contributed by atoms with Crippen LogP contribution in [0.5, 0.6) is 0 Å². The Balaban J connectivity index is 4.44. The van der Waals surface area contributed by atoms with E-state index in [1.807, 2.05) is 21.1 Å². The number of carbonyl (C=O) groups is 2. The number of allylic oxidation sites excluding steroid dienone is 6. The minimum atomic E-state index is -4.62. The van der Waals surface area contributed by atoms with Crippen LogP contribution in [0.3, 0.4) is 0 Å². The summed E-state index contributed by atoms with van der Waals surface area (Å²) >= 11 is 0. The molecule has 51 heavy (non-hydrogen) atoms. The second-order valence-corrected chi connectivity index (χ2v) is 16.1. The van der Waals surface area contributed by atoms with Crippen LogP contribution in [0.4, 0.5) is 0 Å². The topological polar surface area (TPSA) is 111 Å². The molecule has 0 radical (unpaired) electrons. The van der Waals surface area contributed by atoms with Crippen molar-refractivity contribution >= 4 is 19.8 Å². The molecular formula is C41H76NO8P. The largest absolute Gasteiger partial charge is 0.756 e. The number of hydrogen-bond acceptors (Lipinski definition) is 8. The lowest BCUT2D eigenvalue weighted by molar-refractivity contribution is -0.870. The molecule has 0 spiro atoms. The highest BCUT2D eigenvalue weighted by atomic mass is 31.2. The summed E-state index contributed by atoms with van der Waals surface area (Å²) in [7, 11) is 1.15. The van der Waals surface area contributed by atoms with Crippen molar-refractivity contribution in [3.63, 3.8) is 0 Å². The molecule has 10 heteroatoms. The van der Waals surface area contributed by atoms with Crippen molar-refractivity contribution in [1.82, 2.24) is 0 Å². The molecule has 0 aromatic rings. The first-order valence-corrected chi connectivity index (χ1v) is 21.7. The molecule has 0 saturated heterocycles. The van der Waals surface area contributed by atoms with Crippen LogP contribution in [0.25, 0.3) is 0 Å². The predicted octanol–water partition coefficient (Wildman–Crippen LogP) is 10.3. The summed E-state index contributed by atoms with van der Waals surface area (Å²) in [5.41, 5.74) is 0. The summed E-state index contributed by atoms with van der Waals surface area (Å²) < 4.78 is 33.8. The van der Waals surface area contributed by atoms with Gasteiger partial charge in [0.25, 0.3) is 7.82 Å². The molecule has 0 heterocycles. The van der Waals surface area contributed by atoms with Gasteiger partial charge in [0.05, 0.1) is 27.7 Å². The number of likely N-dealkylation sites (N-methyl/N-ethyl adjacent to an activating group) is 1. The number of esters is 2. The molecule has 0 aliphatic carbocycles. The molecule has 9 nitrogen and oxygen atoms in total. The number of nitrogens with zero attached hydrogens (tertiary/aromatic N) is 1. The van der Waals surface area contributed by atoms with Gasteiger partial charge in [-0.1, -0.05) is 115 Å². The van der Waals surface area contributed by atoms with Gasteiger partial charge >= 0.3 is 11.9 Å². The van der Waals surface area contributed by atoms with Gasteiger partial charge in [0.15, 0.2) is 6.10 Å². The quantitative estimate of drug-likeness (QED) is 0.0205. The fourth-order valence-corrected chi connectivity index (χ4v) is 5.88. The van der Waals surface area contributed by atoms with Gasteiger partial charge in [0.2, 0.25) is 0 Å². The average molecular weight is 742 g/mol. The average Bonchev–Trinajstić information content (AvgIpc) is 3.07. The standard InChI is InChI=1S/C41H76NO8P/c1-6-8-10-12-14-16-18-20-21-22-24-25-27-29-31-33-40(43)47-37-39(38-49-51(45,46)48-36-35-42(3,4)5)50-41(44)34-32-30-28-26-23-19-17-15-13-11-9-7-2/h14-17,20-21,39H,6-13,18-19,22-38H2,1-5H3/b16-14+,17-15+,21-20+/t39-/m1/s1. The van der Waals surface area contributed by atoms with Crippen LogP contribution < -0.4 is 4.89 Å². The van der Waals surface area contributed by atoms with Gasteiger partial charge in [-0.2, -0.15) is 0 Å². The fourth-order valence-electron chi connectivity index (χ4n) is 5.15. The fraction of sp³-hybridized carbons (Fsp3) is 0.805. The predicted molar refractivity (Wildman–Crippen MR) is 208 cm³/mol. The van der Waals surface area contributed by atoms with Gasteiger partial charge in [0.1, 0.15) is 19.8 Å². The molecule has 0 rings (SSSR count). The third-order valence-corrected chi connectivity index (χ3v) is 9.35. The normalized spacial score (nSPS) is 14.1. The zero-order valence-corrected chi connectivity index (χ0v) is 34.2. The van der Waals surface area contributed by atoms with Crippen LogP contribution in [0.1, 0.15) is 162 Å². The molecule has 0 fully saturated rings. The van der Waals surface area contributed by atoms with E-state index in [2.05, 4.69) is 50.3 Å². The van der Waals surface area contributed by atoms with Crippen LogP contribution in [0.2, 0.25) is 0 Å². The van der Waals surface area contributed by atoms with E-state index in [0.29, 0.717) is 23.9 Å². The highest BCUT2D eigenvalue weighted by Crippen LogP contribution is 2.38. The summed E-state index contributed by atoms with van der Waals surface area (Å²) in [5.74, 6) is -0.864. The number of carbonyl (C=O) groups excluding carboxylic acids is 2. The van der Waals surface area contributed by atoms with Gasteiger partial charge < -0.3 is 27.9 Å². The second kappa shape index (κ2) is 34.0. The third kappa shape index (κ3) is 37.8. The molecule has 0 aliphatic rings. The lowest BCUT2D eigenvalue weighted by atomic mass is 10.1. The summed E-state index contributed by atoms with van der Waals surface area (Å²) in [6.07, 6.45) is 35.9. The summed E-state index contributed by atoms with van der Waals surface area (Å²) in [6.45, 7) is 4.13. The van der Waals surface area contributed by atoms with E-state index in [0.717, 1.165) is 77.0 Å². The number of unbranched alkanes of at least 4 members (excludes halogenated alkanes) is 16. The van der Waals surface area contributed by atoms with Crippen LogP contribution in [0.15, 0.2) is 36.5 Å². The summed E-state index contributed by atoms with van der Waals surface area (Å²) in [5, 5.41) is 0. The Morgan fingerprint density at radius 1 is 0.608 bits per heavy atom. The van der Waals surface area contributed by atoms with E-state index >= 15 is 0 Å². The number of quaternary nitrogens is 1. The molecule has 2 atom stereocenters. The molecule has 1 unspecified atom stereocenters. The van der Waals surface area contributed by atoms with Gasteiger partial charge in [0, 0.05) is 12.8 Å². The molecule has 298 valence electrons. The molecule has 0 aromatic heterocycles. The van der Waals surface area contributed by atoms with E-state index in [1.165, 1.54) is 44.9 Å². The molecule has 0 bridgehead atoms. The Bertz CT molecular complexity index is 975. The van der Waals surface area contributed by atoms with Crippen molar-refractivity contribution in [2.75, 3.05) is 47.5 Å². The minimum Gasteiger partial charge on any atom is -0.756 e. The maximum Gasteiger partial charge on any atom is 0.306 e. The van der Waals surface area contributed by atoms with Crippen molar-refractivity contribution < 1.29 is 42.1 Å². The van der Waals surface area contributed by atoms with Crippen LogP contribution in [0, 0.1) is 0 Å². The zero-order valence-electron chi connectivity index (χ0n) is 33.3. The van der Waals surface area contributed by atoms with Gasteiger partial charge in [-0.25, -0.2) is 0 Å². The van der Waals surface area contributed by atoms with Crippen LogP contribution >= 0.6 is 7.82 Å². The molecule has 0 aromatic carbocycles. The number of phosphoric ester groups is 1. The van der Waals surface area contributed by atoms with Crippen LogP contribution in [-0.2, 0) is 32.7 Å². The Morgan fingerprint density at radius 3 is 1.57 bits per heavy atom.